The van der Waals surface area contributed by atoms with Crippen molar-refractivity contribution in [2.24, 2.45) is 4.99 Å². The minimum atomic E-state index is 0.888. The van der Waals surface area contributed by atoms with Crippen molar-refractivity contribution in [2.75, 3.05) is 6.54 Å². The average Bonchev–Trinajstić information content (AvgIpc) is 1.35. The van der Waals surface area contributed by atoms with Gasteiger partial charge in [-0.1, -0.05) is 0 Å². The van der Waals surface area contributed by atoms with E-state index < -0.39 is 0 Å². The second-order valence-corrected chi connectivity index (χ2v) is 2.23. The van der Waals surface area contributed by atoms with Crippen molar-refractivity contribution in [3.63, 3.8) is 0 Å². The summed E-state index contributed by atoms with van der Waals surface area (Å²) in [6, 6.07) is 0. The third kappa shape index (κ3) is 4.19. The molecule has 1 nitrogen and oxygen atoms in total. The molecular formula is C4H8NSe. The van der Waals surface area contributed by atoms with E-state index in [-0.39, 0.29) is 0 Å². The number of hydrogen-bond acceptors (Lipinski definition) is 1. The van der Waals surface area contributed by atoms with Crippen molar-refractivity contribution >= 4 is 20.6 Å². The van der Waals surface area contributed by atoms with Crippen LogP contribution in [0.2, 0.25) is 0 Å². The molecule has 0 bridgehead atoms. The van der Waals surface area contributed by atoms with Crippen LogP contribution in [0.5, 0.6) is 0 Å². The van der Waals surface area contributed by atoms with Crippen LogP contribution >= 0.6 is 0 Å². The molecule has 0 saturated heterocycles. The molecule has 0 amide bonds. The molecule has 2 heteroatoms. The van der Waals surface area contributed by atoms with E-state index in [1.165, 1.54) is 0 Å². The molecule has 0 aliphatic rings. The van der Waals surface area contributed by atoms with E-state index in [9.17, 15) is 0 Å². The van der Waals surface area contributed by atoms with Gasteiger partial charge in [-0.15, -0.1) is 0 Å². The Morgan fingerprint density at radius 2 is 2.33 bits per heavy atom. The van der Waals surface area contributed by atoms with Crippen LogP contribution < -0.4 is 0 Å². The van der Waals surface area contributed by atoms with Gasteiger partial charge in [0.2, 0.25) is 0 Å². The first-order valence-electron chi connectivity index (χ1n) is 1.95. The van der Waals surface area contributed by atoms with Gasteiger partial charge in [0.1, 0.15) is 0 Å². The zero-order valence-electron chi connectivity index (χ0n) is 4.06. The molecule has 35 valence electrons. The van der Waals surface area contributed by atoms with Gasteiger partial charge in [0.05, 0.1) is 0 Å². The molecule has 0 N–H and O–H groups in total. The SMILES string of the molecule is CCN=C(C)[Se]. The second-order valence-electron chi connectivity index (χ2n) is 0.993. The monoisotopic (exact) mass is 150 g/mol. The molecule has 0 heterocycles. The second kappa shape index (κ2) is 3.38. The first-order valence-corrected chi connectivity index (χ1v) is 2.81. The summed E-state index contributed by atoms with van der Waals surface area (Å²) in [6.07, 6.45) is 0. The Morgan fingerprint density at radius 3 is 2.33 bits per heavy atom. The molecule has 0 aromatic heterocycles. The summed E-state index contributed by atoms with van der Waals surface area (Å²) in [6.45, 7) is 4.85. The van der Waals surface area contributed by atoms with Crippen molar-refractivity contribution in [3.05, 3.63) is 0 Å². The van der Waals surface area contributed by atoms with Crippen molar-refractivity contribution < 1.29 is 0 Å². The van der Waals surface area contributed by atoms with E-state index >= 15 is 0 Å². The Labute approximate surface area is 46.7 Å². The van der Waals surface area contributed by atoms with E-state index in [1.807, 2.05) is 13.8 Å². The van der Waals surface area contributed by atoms with Crippen LogP contribution in [0.1, 0.15) is 13.8 Å². The van der Waals surface area contributed by atoms with Crippen molar-refractivity contribution in [2.45, 2.75) is 13.8 Å². The molecule has 0 unspecified atom stereocenters. The molecule has 0 aromatic carbocycles. The predicted molar refractivity (Wildman–Crippen MR) is 29.4 cm³/mol. The van der Waals surface area contributed by atoms with Crippen LogP contribution in [-0.2, 0) is 0 Å². The van der Waals surface area contributed by atoms with E-state index in [0.29, 0.717) is 0 Å². The first-order chi connectivity index (χ1) is 2.77. The summed E-state index contributed by atoms with van der Waals surface area (Å²) in [5.41, 5.74) is 0. The molecule has 1 radical (unpaired) electrons. The van der Waals surface area contributed by atoms with Gasteiger partial charge in [-0.25, -0.2) is 0 Å². The van der Waals surface area contributed by atoms with E-state index in [2.05, 4.69) is 21.0 Å². The molecule has 0 aliphatic carbocycles. The fourth-order valence-electron chi connectivity index (χ4n) is 0.223. The van der Waals surface area contributed by atoms with E-state index in [4.69, 9.17) is 0 Å². The Morgan fingerprint density at radius 1 is 1.83 bits per heavy atom. The van der Waals surface area contributed by atoms with E-state index in [1.54, 1.807) is 0 Å². The first kappa shape index (κ1) is 6.19. The van der Waals surface area contributed by atoms with Gasteiger partial charge in [0.15, 0.2) is 0 Å². The fourth-order valence-corrected chi connectivity index (χ4v) is 0.494. The maximum atomic E-state index is 3.99. The van der Waals surface area contributed by atoms with Gasteiger partial charge < -0.3 is 0 Å². The molecule has 0 spiro atoms. The quantitative estimate of drug-likeness (QED) is 0.382. The zero-order valence-corrected chi connectivity index (χ0v) is 5.78. The molecular weight excluding hydrogens is 141 g/mol. The summed E-state index contributed by atoms with van der Waals surface area (Å²) < 4.78 is 1.04. The predicted octanol–water partition coefficient (Wildman–Crippen LogP) is 0.593. The van der Waals surface area contributed by atoms with Crippen LogP contribution in [0.25, 0.3) is 0 Å². The minimum absolute atomic E-state index is 0.888. The average molecular weight is 149 g/mol. The molecule has 0 atom stereocenters. The summed E-state index contributed by atoms with van der Waals surface area (Å²) in [4.78, 5) is 3.99. The Kier molecular flexibility index (Phi) is 3.49. The van der Waals surface area contributed by atoms with Gasteiger partial charge in [-0.2, -0.15) is 0 Å². The summed E-state index contributed by atoms with van der Waals surface area (Å²) in [5.74, 6) is 0. The van der Waals surface area contributed by atoms with Crippen LogP contribution in [0.4, 0.5) is 0 Å². The normalized spacial score (nSPS) is 12.0. The third-order valence-electron chi connectivity index (χ3n) is 0.381. The molecule has 0 aliphatic heterocycles. The van der Waals surface area contributed by atoms with Gasteiger partial charge in [0.25, 0.3) is 0 Å². The van der Waals surface area contributed by atoms with Gasteiger partial charge in [0, 0.05) is 0 Å². The summed E-state index contributed by atoms with van der Waals surface area (Å²) in [7, 11) is 0. The molecule has 0 saturated carbocycles. The van der Waals surface area contributed by atoms with Crippen molar-refractivity contribution in [1.82, 2.24) is 0 Å². The zero-order chi connectivity index (χ0) is 4.99. The van der Waals surface area contributed by atoms with Crippen molar-refractivity contribution in [3.8, 4) is 0 Å². The van der Waals surface area contributed by atoms with Gasteiger partial charge in [-0.3, -0.25) is 0 Å². The number of nitrogens with zero attached hydrogens (tertiary/aromatic N) is 1. The Bertz CT molecular complexity index is 54.6. The molecule has 0 rings (SSSR count). The van der Waals surface area contributed by atoms with Crippen LogP contribution in [0.15, 0.2) is 4.99 Å². The molecule has 0 aromatic rings. The standard InChI is InChI=1S/C4H8NSe/c1-3-5-4(2)6/h3H2,1-2H3. The van der Waals surface area contributed by atoms with Crippen LogP contribution in [0.3, 0.4) is 0 Å². The molecule has 6 heavy (non-hydrogen) atoms. The maximum absolute atomic E-state index is 3.99. The van der Waals surface area contributed by atoms with Gasteiger partial charge in [-0.05, 0) is 0 Å². The summed E-state index contributed by atoms with van der Waals surface area (Å²) >= 11 is 2.79. The van der Waals surface area contributed by atoms with E-state index in [0.717, 1.165) is 11.2 Å². The van der Waals surface area contributed by atoms with Crippen molar-refractivity contribution in [1.29, 1.82) is 0 Å². The molecule has 0 fully saturated rings. The Hall–Kier alpha value is 0.189. The van der Waals surface area contributed by atoms with Crippen LogP contribution in [0, 0.1) is 0 Å². The number of rotatable bonds is 1. The van der Waals surface area contributed by atoms with Crippen LogP contribution in [-0.4, -0.2) is 27.2 Å². The topological polar surface area (TPSA) is 12.4 Å². The number of hydrogen-bond donors (Lipinski definition) is 0. The summed E-state index contributed by atoms with van der Waals surface area (Å²) in [5, 5.41) is 0. The third-order valence-corrected chi connectivity index (χ3v) is 0.652. The van der Waals surface area contributed by atoms with Gasteiger partial charge >= 0.3 is 46.0 Å². The number of aliphatic imine (C=N–C) groups is 1. The Balaban J connectivity index is 3.14. The fraction of sp³-hybridized carbons (Fsp3) is 0.750.